The summed E-state index contributed by atoms with van der Waals surface area (Å²) in [6.07, 6.45) is 1.55. The second kappa shape index (κ2) is 5.48. The lowest BCUT2D eigenvalue weighted by Crippen LogP contribution is -2.04. The molecule has 3 nitrogen and oxygen atoms in total. The highest BCUT2D eigenvalue weighted by molar-refractivity contribution is 5.88. The van der Waals surface area contributed by atoms with E-state index in [2.05, 4.69) is 15.3 Å². The normalized spacial score (nSPS) is 10.8. The second-order valence-corrected chi connectivity index (χ2v) is 5.14. The average molecular weight is 281 g/mol. The Balaban J connectivity index is 1.87. The topological polar surface area (TPSA) is 37.8 Å². The third-order valence-corrected chi connectivity index (χ3v) is 3.50. The Kier molecular flexibility index (Phi) is 3.52. The predicted molar refractivity (Wildman–Crippen MR) is 82.7 cm³/mol. The van der Waals surface area contributed by atoms with E-state index >= 15 is 0 Å². The van der Waals surface area contributed by atoms with Gasteiger partial charge in [0.15, 0.2) is 0 Å². The van der Waals surface area contributed by atoms with E-state index in [4.69, 9.17) is 0 Å². The lowest BCUT2D eigenvalue weighted by molar-refractivity contribution is 0.608. The van der Waals surface area contributed by atoms with Gasteiger partial charge in [-0.1, -0.05) is 24.3 Å². The van der Waals surface area contributed by atoms with Gasteiger partial charge in [0.2, 0.25) is 0 Å². The first-order valence-corrected chi connectivity index (χ1v) is 6.84. The van der Waals surface area contributed by atoms with E-state index in [-0.39, 0.29) is 5.82 Å². The van der Waals surface area contributed by atoms with E-state index in [1.807, 2.05) is 36.4 Å². The van der Waals surface area contributed by atoms with Gasteiger partial charge in [0.25, 0.3) is 0 Å². The van der Waals surface area contributed by atoms with E-state index in [1.165, 1.54) is 0 Å². The number of hydrogen-bond donors (Lipinski definition) is 1. The van der Waals surface area contributed by atoms with Crippen molar-refractivity contribution in [2.45, 2.75) is 20.4 Å². The summed E-state index contributed by atoms with van der Waals surface area (Å²) < 4.78 is 13.6. The van der Waals surface area contributed by atoms with Crippen molar-refractivity contribution in [3.8, 4) is 0 Å². The minimum atomic E-state index is -0.133. The van der Waals surface area contributed by atoms with Gasteiger partial charge in [-0.05, 0) is 42.7 Å². The molecule has 106 valence electrons. The monoisotopic (exact) mass is 281 g/mol. The van der Waals surface area contributed by atoms with Gasteiger partial charge in [-0.3, -0.25) is 0 Å². The third-order valence-electron chi connectivity index (χ3n) is 3.50. The molecule has 0 radical (unpaired) electrons. The largest absolute Gasteiger partial charge is 0.365 e. The molecular formula is C17H16FN3. The van der Waals surface area contributed by atoms with E-state index < -0.39 is 0 Å². The van der Waals surface area contributed by atoms with Crippen molar-refractivity contribution in [1.29, 1.82) is 0 Å². The zero-order valence-corrected chi connectivity index (χ0v) is 12.0. The van der Waals surface area contributed by atoms with Gasteiger partial charge in [0.05, 0.1) is 5.52 Å². The van der Waals surface area contributed by atoms with Gasteiger partial charge >= 0.3 is 0 Å². The molecule has 0 aliphatic rings. The molecule has 0 atom stereocenters. The van der Waals surface area contributed by atoms with Crippen LogP contribution in [0.5, 0.6) is 0 Å². The predicted octanol–water partition coefficient (Wildman–Crippen LogP) is 4.00. The standard InChI is InChI=1S/C17H16FN3/c1-11-7-13(8-12(2)16(11)18)9-19-17-14-5-3-4-6-15(14)20-10-21-17/h3-8,10H,9H2,1-2H3,(H,19,20,21). The smallest absolute Gasteiger partial charge is 0.137 e. The molecule has 0 aliphatic heterocycles. The van der Waals surface area contributed by atoms with Crippen molar-refractivity contribution in [3.63, 3.8) is 0 Å². The molecule has 1 heterocycles. The summed E-state index contributed by atoms with van der Waals surface area (Å²) in [6, 6.07) is 11.6. The van der Waals surface area contributed by atoms with Crippen LogP contribution in [0.25, 0.3) is 10.9 Å². The summed E-state index contributed by atoms with van der Waals surface area (Å²) in [5.41, 5.74) is 3.27. The van der Waals surface area contributed by atoms with E-state index in [1.54, 1.807) is 20.2 Å². The maximum Gasteiger partial charge on any atom is 0.137 e. The number of hydrogen-bond acceptors (Lipinski definition) is 3. The maximum absolute atomic E-state index is 13.6. The first-order valence-electron chi connectivity index (χ1n) is 6.84. The van der Waals surface area contributed by atoms with Gasteiger partial charge in [0.1, 0.15) is 18.0 Å². The number of aryl methyl sites for hydroxylation is 2. The van der Waals surface area contributed by atoms with Crippen molar-refractivity contribution in [2.24, 2.45) is 0 Å². The van der Waals surface area contributed by atoms with Crippen molar-refractivity contribution in [2.75, 3.05) is 5.32 Å². The van der Waals surface area contributed by atoms with Gasteiger partial charge in [-0.2, -0.15) is 0 Å². The van der Waals surface area contributed by atoms with Crippen molar-refractivity contribution in [1.82, 2.24) is 9.97 Å². The molecule has 0 fully saturated rings. The molecule has 0 amide bonds. The van der Waals surface area contributed by atoms with E-state index in [0.717, 1.165) is 22.3 Å². The van der Waals surface area contributed by atoms with E-state index in [0.29, 0.717) is 17.7 Å². The minimum absolute atomic E-state index is 0.133. The Bertz CT molecular complexity index is 771. The Labute approximate surface area is 122 Å². The van der Waals surface area contributed by atoms with Crippen LogP contribution in [-0.2, 0) is 6.54 Å². The number of aromatic nitrogens is 2. The fraction of sp³-hybridized carbons (Fsp3) is 0.176. The number of halogens is 1. The first-order chi connectivity index (χ1) is 10.1. The maximum atomic E-state index is 13.6. The summed E-state index contributed by atoms with van der Waals surface area (Å²) in [6.45, 7) is 4.17. The molecule has 0 aliphatic carbocycles. The van der Waals surface area contributed by atoms with Crippen LogP contribution in [-0.4, -0.2) is 9.97 Å². The molecular weight excluding hydrogens is 265 g/mol. The summed E-state index contributed by atoms with van der Waals surface area (Å²) in [5.74, 6) is 0.659. The number of anilines is 1. The summed E-state index contributed by atoms with van der Waals surface area (Å²) >= 11 is 0. The van der Waals surface area contributed by atoms with Crippen LogP contribution in [0.4, 0.5) is 10.2 Å². The molecule has 21 heavy (non-hydrogen) atoms. The van der Waals surface area contributed by atoms with Crippen LogP contribution in [0.3, 0.4) is 0 Å². The number of nitrogens with zero attached hydrogens (tertiary/aromatic N) is 2. The van der Waals surface area contributed by atoms with Crippen LogP contribution in [0, 0.1) is 19.7 Å². The van der Waals surface area contributed by atoms with Crippen molar-refractivity contribution < 1.29 is 4.39 Å². The van der Waals surface area contributed by atoms with E-state index in [9.17, 15) is 4.39 Å². The Morgan fingerprint density at radius 3 is 2.52 bits per heavy atom. The lowest BCUT2D eigenvalue weighted by atomic mass is 10.1. The molecule has 0 unspecified atom stereocenters. The lowest BCUT2D eigenvalue weighted by Gasteiger charge is -2.10. The minimum Gasteiger partial charge on any atom is -0.365 e. The molecule has 2 aromatic carbocycles. The number of para-hydroxylation sites is 1. The molecule has 3 aromatic rings. The zero-order chi connectivity index (χ0) is 14.8. The molecule has 0 saturated heterocycles. The van der Waals surface area contributed by atoms with Crippen LogP contribution in [0.1, 0.15) is 16.7 Å². The quantitative estimate of drug-likeness (QED) is 0.788. The van der Waals surface area contributed by atoms with Crippen molar-refractivity contribution in [3.05, 3.63) is 65.2 Å². The molecule has 1 N–H and O–H groups in total. The molecule has 4 heteroatoms. The van der Waals surface area contributed by atoms with Gasteiger partial charge in [-0.25, -0.2) is 14.4 Å². The zero-order valence-electron chi connectivity index (χ0n) is 12.0. The van der Waals surface area contributed by atoms with Crippen LogP contribution in [0.15, 0.2) is 42.7 Å². The number of rotatable bonds is 3. The van der Waals surface area contributed by atoms with Crippen LogP contribution >= 0.6 is 0 Å². The SMILES string of the molecule is Cc1cc(CNc2ncnc3ccccc23)cc(C)c1F. The molecule has 3 rings (SSSR count). The highest BCUT2D eigenvalue weighted by atomic mass is 19.1. The fourth-order valence-electron chi connectivity index (χ4n) is 2.47. The first kappa shape index (κ1) is 13.5. The highest BCUT2D eigenvalue weighted by Gasteiger charge is 2.06. The molecule has 0 bridgehead atoms. The number of fused-ring (bicyclic) bond motifs is 1. The number of nitrogens with one attached hydrogen (secondary N) is 1. The van der Waals surface area contributed by atoms with Gasteiger partial charge in [0, 0.05) is 11.9 Å². The summed E-state index contributed by atoms with van der Waals surface area (Å²) in [4.78, 5) is 8.52. The Morgan fingerprint density at radius 2 is 1.76 bits per heavy atom. The van der Waals surface area contributed by atoms with Crippen LogP contribution in [0.2, 0.25) is 0 Å². The molecule has 0 saturated carbocycles. The molecule has 1 aromatic heterocycles. The molecule has 0 spiro atoms. The van der Waals surface area contributed by atoms with Gasteiger partial charge in [-0.15, -0.1) is 0 Å². The van der Waals surface area contributed by atoms with Gasteiger partial charge < -0.3 is 5.32 Å². The van der Waals surface area contributed by atoms with Crippen LogP contribution < -0.4 is 5.32 Å². The Hall–Kier alpha value is -2.49. The third kappa shape index (κ3) is 2.70. The highest BCUT2D eigenvalue weighted by Crippen LogP contribution is 2.20. The van der Waals surface area contributed by atoms with Crippen molar-refractivity contribution >= 4 is 16.7 Å². The average Bonchev–Trinajstić information content (AvgIpc) is 2.50. The fourth-order valence-corrected chi connectivity index (χ4v) is 2.47. The number of benzene rings is 2. The summed E-state index contributed by atoms with van der Waals surface area (Å²) in [7, 11) is 0. The Morgan fingerprint density at radius 1 is 1.05 bits per heavy atom. The summed E-state index contributed by atoms with van der Waals surface area (Å²) in [5, 5.41) is 4.29. The second-order valence-electron chi connectivity index (χ2n) is 5.14.